The first-order chi connectivity index (χ1) is 19.8. The van der Waals surface area contributed by atoms with Crippen LogP contribution in [0.15, 0.2) is 84.9 Å². The molecule has 0 bridgehead atoms. The molecule has 0 spiro atoms. The average molecular weight is 544 g/mol. The van der Waals surface area contributed by atoms with Crippen molar-refractivity contribution in [3.63, 3.8) is 0 Å². The van der Waals surface area contributed by atoms with Crippen molar-refractivity contribution in [2.75, 3.05) is 0 Å². The summed E-state index contributed by atoms with van der Waals surface area (Å²) >= 11 is 0. The third-order valence-corrected chi connectivity index (χ3v) is 8.24. The van der Waals surface area contributed by atoms with E-state index < -0.39 is 5.97 Å². The highest BCUT2D eigenvalue weighted by molar-refractivity contribution is 5.99. The average Bonchev–Trinajstić information content (AvgIpc) is 3.82. The molecule has 1 atom stereocenters. The zero-order valence-electron chi connectivity index (χ0n) is 23.5. The summed E-state index contributed by atoms with van der Waals surface area (Å²) in [4.78, 5) is 29.7. The van der Waals surface area contributed by atoms with Gasteiger partial charge in [-0.25, -0.2) is 4.79 Å². The summed E-state index contributed by atoms with van der Waals surface area (Å²) in [6.45, 7) is 6.85. The highest BCUT2D eigenvalue weighted by atomic mass is 16.4. The van der Waals surface area contributed by atoms with Crippen LogP contribution < -0.4 is 5.32 Å². The molecule has 6 rings (SSSR count). The maximum Gasteiger partial charge on any atom is 0.336 e. The van der Waals surface area contributed by atoms with Gasteiger partial charge < -0.3 is 15.0 Å². The van der Waals surface area contributed by atoms with Crippen molar-refractivity contribution >= 4 is 22.8 Å². The fraction of sp³-hybridized carbons (Fsp3) is 0.229. The van der Waals surface area contributed by atoms with Gasteiger partial charge in [0.15, 0.2) is 0 Å². The van der Waals surface area contributed by atoms with Gasteiger partial charge in [0.25, 0.3) is 5.91 Å². The molecule has 0 saturated heterocycles. The highest BCUT2D eigenvalue weighted by Gasteiger charge is 2.25. The van der Waals surface area contributed by atoms with E-state index in [1.807, 2.05) is 73.7 Å². The van der Waals surface area contributed by atoms with Crippen molar-refractivity contribution in [2.24, 2.45) is 0 Å². The molecule has 1 fully saturated rings. The van der Waals surface area contributed by atoms with E-state index in [-0.39, 0.29) is 11.9 Å². The maximum absolute atomic E-state index is 13.2. The van der Waals surface area contributed by atoms with Crippen molar-refractivity contribution in [3.8, 4) is 11.1 Å². The van der Waals surface area contributed by atoms with Crippen LogP contribution in [0.2, 0.25) is 0 Å². The van der Waals surface area contributed by atoms with Crippen LogP contribution in [0, 0.1) is 13.8 Å². The lowest BCUT2D eigenvalue weighted by Gasteiger charge is -2.15. The molecule has 5 aromatic rings. The molecular weight excluding hydrogens is 510 g/mol. The van der Waals surface area contributed by atoms with Crippen LogP contribution in [0.4, 0.5) is 0 Å². The third-order valence-electron chi connectivity index (χ3n) is 8.24. The fourth-order valence-corrected chi connectivity index (χ4v) is 5.56. The molecule has 6 heteroatoms. The molecule has 206 valence electrons. The van der Waals surface area contributed by atoms with E-state index >= 15 is 0 Å². The second kappa shape index (κ2) is 10.7. The van der Waals surface area contributed by atoms with Crippen molar-refractivity contribution in [3.05, 3.63) is 124 Å². The van der Waals surface area contributed by atoms with Crippen LogP contribution in [-0.4, -0.2) is 26.5 Å². The minimum absolute atomic E-state index is 0.111. The van der Waals surface area contributed by atoms with E-state index in [4.69, 9.17) is 4.98 Å². The summed E-state index contributed by atoms with van der Waals surface area (Å²) in [6, 6.07) is 26.9. The number of hydrogen-bond acceptors (Lipinski definition) is 3. The van der Waals surface area contributed by atoms with E-state index in [0.29, 0.717) is 29.2 Å². The number of nitrogens with zero attached hydrogens (tertiary/aromatic N) is 2. The number of hydrogen-bond donors (Lipinski definition) is 2. The minimum atomic E-state index is -0.934. The number of carbonyl (C=O) groups excluding carboxylic acids is 1. The quantitative estimate of drug-likeness (QED) is 0.213. The number of pyridine rings is 1. The molecule has 1 saturated carbocycles. The largest absolute Gasteiger partial charge is 0.478 e. The van der Waals surface area contributed by atoms with E-state index in [0.717, 1.165) is 44.7 Å². The number of aromatic nitrogens is 2. The predicted molar refractivity (Wildman–Crippen MR) is 161 cm³/mol. The van der Waals surface area contributed by atoms with E-state index in [9.17, 15) is 14.7 Å². The molecular formula is C35H33N3O3. The Morgan fingerprint density at radius 1 is 0.976 bits per heavy atom. The van der Waals surface area contributed by atoms with Gasteiger partial charge in [0.1, 0.15) is 0 Å². The Labute approximate surface area is 239 Å². The highest BCUT2D eigenvalue weighted by Crippen LogP contribution is 2.39. The monoisotopic (exact) mass is 543 g/mol. The van der Waals surface area contributed by atoms with Crippen LogP contribution in [0.1, 0.15) is 80.6 Å². The Balaban J connectivity index is 1.22. The summed E-state index contributed by atoms with van der Waals surface area (Å²) in [5.74, 6) is -0.473. The number of benzene rings is 3. The lowest BCUT2D eigenvalue weighted by atomic mass is 9.99. The maximum atomic E-state index is 13.2. The fourth-order valence-electron chi connectivity index (χ4n) is 5.56. The second-order valence-electron chi connectivity index (χ2n) is 11.0. The Hall–Kier alpha value is -4.71. The smallest absolute Gasteiger partial charge is 0.336 e. The summed E-state index contributed by atoms with van der Waals surface area (Å²) in [6.07, 6.45) is 2.39. The molecule has 0 aliphatic heterocycles. The lowest BCUT2D eigenvalue weighted by molar-refractivity contribution is 0.0697. The van der Waals surface area contributed by atoms with Crippen LogP contribution in [0.3, 0.4) is 0 Å². The van der Waals surface area contributed by atoms with Crippen LogP contribution >= 0.6 is 0 Å². The SMILES string of the molecule is Cc1c(C)n(Cc2ccc(-c3ccccc3C(=O)O)cc2)c2ccc(C(=O)N[C@H](C)c3cccc(C4CC4)n3)cc12. The standard InChI is InChI=1S/C35H33N3O3/c1-21-23(3)38(20-24-11-13-25(14-12-24)28-7-4-5-8-29(28)35(40)41)33-18-17-27(19-30(21)33)34(39)36-22(2)31-9-6-10-32(37-31)26-15-16-26/h4-14,17-19,22,26H,15-16,20H2,1-3H3,(H,36,39)(H,40,41)/t22-/m1/s1. The van der Waals surface area contributed by atoms with Gasteiger partial charge >= 0.3 is 5.97 Å². The summed E-state index contributed by atoms with van der Waals surface area (Å²) in [7, 11) is 0. The summed E-state index contributed by atoms with van der Waals surface area (Å²) in [5.41, 5.74) is 8.98. The van der Waals surface area contributed by atoms with E-state index in [1.165, 1.54) is 12.8 Å². The molecule has 3 aromatic carbocycles. The number of rotatable bonds is 8. The third kappa shape index (κ3) is 5.25. The van der Waals surface area contributed by atoms with Gasteiger partial charge in [0, 0.05) is 40.3 Å². The van der Waals surface area contributed by atoms with Gasteiger partial charge in [-0.15, -0.1) is 0 Å². The first-order valence-electron chi connectivity index (χ1n) is 14.1. The number of fused-ring (bicyclic) bond motifs is 1. The summed E-state index contributed by atoms with van der Waals surface area (Å²) < 4.78 is 2.27. The predicted octanol–water partition coefficient (Wildman–Crippen LogP) is 7.44. The van der Waals surface area contributed by atoms with Crippen molar-refractivity contribution in [2.45, 2.75) is 52.1 Å². The Morgan fingerprint density at radius 2 is 1.73 bits per heavy atom. The van der Waals surface area contributed by atoms with Crippen molar-refractivity contribution < 1.29 is 14.7 Å². The number of aromatic carboxylic acids is 1. The molecule has 1 amide bonds. The molecule has 0 radical (unpaired) electrons. The normalized spacial score (nSPS) is 13.7. The first kappa shape index (κ1) is 26.5. The first-order valence-corrected chi connectivity index (χ1v) is 14.1. The minimum Gasteiger partial charge on any atom is -0.478 e. The number of carboxylic acid groups (broad SMARTS) is 1. The molecule has 1 aliphatic rings. The topological polar surface area (TPSA) is 84.2 Å². The zero-order valence-corrected chi connectivity index (χ0v) is 23.5. The zero-order chi connectivity index (χ0) is 28.7. The Kier molecular flexibility index (Phi) is 6.91. The summed E-state index contributed by atoms with van der Waals surface area (Å²) in [5, 5.41) is 13.7. The number of nitrogens with one attached hydrogen (secondary N) is 1. The van der Waals surface area contributed by atoms with Crippen molar-refractivity contribution in [1.82, 2.24) is 14.9 Å². The van der Waals surface area contributed by atoms with Gasteiger partial charge in [-0.1, -0.05) is 48.5 Å². The molecule has 6 nitrogen and oxygen atoms in total. The van der Waals surface area contributed by atoms with Gasteiger partial charge in [0.2, 0.25) is 0 Å². The molecule has 2 heterocycles. The molecule has 2 aromatic heterocycles. The van der Waals surface area contributed by atoms with Crippen molar-refractivity contribution in [1.29, 1.82) is 0 Å². The molecule has 0 unspecified atom stereocenters. The lowest BCUT2D eigenvalue weighted by Crippen LogP contribution is -2.27. The van der Waals surface area contributed by atoms with Gasteiger partial charge in [-0.05, 0) is 92.3 Å². The number of aryl methyl sites for hydroxylation is 1. The molecule has 2 N–H and O–H groups in total. The second-order valence-corrected chi connectivity index (χ2v) is 11.0. The Morgan fingerprint density at radius 3 is 2.46 bits per heavy atom. The molecule has 41 heavy (non-hydrogen) atoms. The van der Waals surface area contributed by atoms with Crippen LogP contribution in [-0.2, 0) is 6.54 Å². The molecule has 1 aliphatic carbocycles. The number of amides is 1. The number of carboxylic acids is 1. The van der Waals surface area contributed by atoms with Gasteiger partial charge in [-0.2, -0.15) is 0 Å². The Bertz CT molecular complexity index is 1780. The van der Waals surface area contributed by atoms with Crippen LogP contribution in [0.25, 0.3) is 22.0 Å². The van der Waals surface area contributed by atoms with Gasteiger partial charge in [-0.3, -0.25) is 9.78 Å². The van der Waals surface area contributed by atoms with Crippen LogP contribution in [0.5, 0.6) is 0 Å². The number of carbonyl (C=O) groups is 2. The van der Waals surface area contributed by atoms with E-state index in [1.54, 1.807) is 12.1 Å². The van der Waals surface area contributed by atoms with Gasteiger partial charge in [0.05, 0.1) is 17.3 Å². The van der Waals surface area contributed by atoms with E-state index in [2.05, 4.69) is 29.8 Å².